The molecule has 1 fully saturated rings. The molecule has 0 aliphatic carbocycles. The number of amides is 1. The first-order chi connectivity index (χ1) is 11.5. The third-order valence-electron chi connectivity index (χ3n) is 4.11. The molecule has 0 N–H and O–H groups in total. The van der Waals surface area contributed by atoms with Crippen LogP contribution in [0.3, 0.4) is 0 Å². The van der Waals surface area contributed by atoms with Gasteiger partial charge in [-0.1, -0.05) is 46.7 Å². The topological polar surface area (TPSA) is 59.0 Å². The van der Waals surface area contributed by atoms with E-state index in [2.05, 4.69) is 20.9 Å². The molecule has 0 spiro atoms. The Labute approximate surface area is 153 Å². The molecule has 5 nitrogen and oxygen atoms in total. The summed E-state index contributed by atoms with van der Waals surface area (Å²) in [7, 11) is 1.34. The van der Waals surface area contributed by atoms with E-state index in [0.717, 1.165) is 16.5 Å². The number of aliphatic imine (C=N–C) groups is 1. The third-order valence-corrected chi connectivity index (χ3v) is 5.96. The van der Waals surface area contributed by atoms with Crippen LogP contribution in [-0.4, -0.2) is 34.3 Å². The minimum Gasteiger partial charge on any atom is -0.466 e. The van der Waals surface area contributed by atoms with E-state index in [-0.39, 0.29) is 11.2 Å². The van der Waals surface area contributed by atoms with E-state index in [1.54, 1.807) is 11.8 Å². The summed E-state index contributed by atoms with van der Waals surface area (Å²) in [6, 6.07) is 7.11. The van der Waals surface area contributed by atoms with Crippen LogP contribution >= 0.6 is 27.7 Å². The van der Waals surface area contributed by atoms with Crippen molar-refractivity contribution in [1.82, 2.24) is 4.90 Å². The Morgan fingerprint density at radius 2 is 2.04 bits per heavy atom. The van der Waals surface area contributed by atoms with Crippen molar-refractivity contribution in [2.24, 2.45) is 4.99 Å². The second kappa shape index (κ2) is 6.72. The fourth-order valence-corrected chi connectivity index (χ4v) is 4.32. The highest BCUT2D eigenvalue weighted by atomic mass is 79.9. The van der Waals surface area contributed by atoms with Gasteiger partial charge in [-0.05, 0) is 31.0 Å². The van der Waals surface area contributed by atoms with Crippen molar-refractivity contribution in [2.75, 3.05) is 7.11 Å². The second-order valence-electron chi connectivity index (χ2n) is 5.56. The Kier molecular flexibility index (Phi) is 4.83. The number of fused-ring (bicyclic) bond motifs is 1. The molecule has 126 valence electrons. The first-order valence-electron chi connectivity index (χ1n) is 7.60. The number of halogens is 1. The summed E-state index contributed by atoms with van der Waals surface area (Å²) in [5.74, 6) is -0.468. The number of ether oxygens (including phenoxy) is 1. The number of nitrogens with zero attached hydrogens (tertiary/aromatic N) is 2. The molecule has 1 amide bonds. The van der Waals surface area contributed by atoms with Gasteiger partial charge in [-0.15, -0.1) is 0 Å². The van der Waals surface area contributed by atoms with E-state index in [0.29, 0.717) is 16.4 Å². The number of hydrogen-bond acceptors (Lipinski definition) is 5. The molecule has 24 heavy (non-hydrogen) atoms. The number of benzene rings is 1. The van der Waals surface area contributed by atoms with Crippen molar-refractivity contribution < 1.29 is 14.3 Å². The molecule has 3 rings (SSSR count). The number of thioether (sulfide) groups is 1. The van der Waals surface area contributed by atoms with Crippen LogP contribution in [0.25, 0.3) is 0 Å². The van der Waals surface area contributed by atoms with Gasteiger partial charge in [0.25, 0.3) is 0 Å². The van der Waals surface area contributed by atoms with Crippen molar-refractivity contribution in [2.45, 2.75) is 31.6 Å². The van der Waals surface area contributed by atoms with E-state index >= 15 is 0 Å². The van der Waals surface area contributed by atoms with Crippen LogP contribution in [0.2, 0.25) is 0 Å². The van der Waals surface area contributed by atoms with Gasteiger partial charge in [0.05, 0.1) is 29.7 Å². The normalized spacial score (nSPS) is 23.2. The van der Waals surface area contributed by atoms with E-state index in [9.17, 15) is 9.59 Å². The summed E-state index contributed by atoms with van der Waals surface area (Å²) in [4.78, 5) is 31.3. The highest BCUT2D eigenvalue weighted by Crippen LogP contribution is 2.44. The Morgan fingerprint density at radius 3 is 2.62 bits per heavy atom. The van der Waals surface area contributed by atoms with Gasteiger partial charge in [0.15, 0.2) is 5.17 Å². The molecule has 0 bridgehead atoms. The van der Waals surface area contributed by atoms with Gasteiger partial charge in [-0.2, -0.15) is 0 Å². The van der Waals surface area contributed by atoms with E-state index in [1.807, 2.05) is 31.2 Å². The number of allylic oxidation sites excluding steroid dienone is 1. The van der Waals surface area contributed by atoms with Crippen LogP contribution in [-0.2, 0) is 14.3 Å². The van der Waals surface area contributed by atoms with Crippen molar-refractivity contribution in [1.29, 1.82) is 0 Å². The lowest BCUT2D eigenvalue weighted by atomic mass is 9.94. The Bertz CT molecular complexity index is 758. The van der Waals surface area contributed by atoms with E-state index < -0.39 is 12.0 Å². The van der Waals surface area contributed by atoms with Crippen molar-refractivity contribution in [3.8, 4) is 0 Å². The monoisotopic (exact) mass is 408 g/mol. The summed E-state index contributed by atoms with van der Waals surface area (Å²) in [5.41, 5.74) is 1.86. The number of hydrogen-bond donors (Lipinski definition) is 0. The zero-order chi connectivity index (χ0) is 17.4. The number of carbonyl (C=O) groups is 2. The average Bonchev–Trinajstić information content (AvgIpc) is 2.89. The van der Waals surface area contributed by atoms with Crippen LogP contribution in [0.4, 0.5) is 0 Å². The predicted octanol–water partition coefficient (Wildman–Crippen LogP) is 3.66. The molecule has 1 aromatic carbocycles. The molecule has 2 atom stereocenters. The number of amidine groups is 1. The minimum atomic E-state index is -0.505. The zero-order valence-corrected chi connectivity index (χ0v) is 16.0. The molecule has 2 unspecified atom stereocenters. The number of methoxy groups -OCH3 is 1. The third kappa shape index (κ3) is 2.80. The van der Waals surface area contributed by atoms with Crippen LogP contribution in [0.5, 0.6) is 0 Å². The number of esters is 1. The molecular weight excluding hydrogens is 392 g/mol. The second-order valence-corrected chi connectivity index (χ2v) is 7.65. The summed E-state index contributed by atoms with van der Waals surface area (Å²) >= 11 is 4.88. The summed E-state index contributed by atoms with van der Waals surface area (Å²) in [6.07, 6.45) is 0.721. The van der Waals surface area contributed by atoms with Gasteiger partial charge in [0.1, 0.15) is 0 Å². The fraction of sp³-hybridized carbons (Fsp3) is 0.353. The van der Waals surface area contributed by atoms with Crippen LogP contribution in [0, 0.1) is 0 Å². The Balaban J connectivity index is 2.15. The van der Waals surface area contributed by atoms with Gasteiger partial charge in [0, 0.05) is 4.47 Å². The molecule has 2 aliphatic rings. The van der Waals surface area contributed by atoms with Crippen LogP contribution < -0.4 is 0 Å². The summed E-state index contributed by atoms with van der Waals surface area (Å²) < 4.78 is 5.89. The quantitative estimate of drug-likeness (QED) is 0.715. The standard InChI is InChI=1S/C17H17BrN2O3S/c1-4-12-15(21)20-14(10-5-7-11(18)8-6-10)13(16(22)23-3)9(2)19-17(20)24-12/h5-8,12,14H,4H2,1-3H3. The molecule has 2 heterocycles. The van der Waals surface area contributed by atoms with Gasteiger partial charge in [0.2, 0.25) is 5.91 Å². The van der Waals surface area contributed by atoms with Crippen LogP contribution in [0.1, 0.15) is 31.9 Å². The largest absolute Gasteiger partial charge is 0.466 e. The van der Waals surface area contributed by atoms with Gasteiger partial charge in [-0.25, -0.2) is 9.79 Å². The predicted molar refractivity (Wildman–Crippen MR) is 97.6 cm³/mol. The summed E-state index contributed by atoms with van der Waals surface area (Å²) in [6.45, 7) is 3.76. The summed E-state index contributed by atoms with van der Waals surface area (Å²) in [5, 5.41) is 0.497. The first kappa shape index (κ1) is 17.2. The first-order valence-corrected chi connectivity index (χ1v) is 9.28. The fourth-order valence-electron chi connectivity index (χ4n) is 2.92. The van der Waals surface area contributed by atoms with E-state index in [1.165, 1.54) is 18.9 Å². The highest BCUT2D eigenvalue weighted by molar-refractivity contribution is 9.10. The SMILES string of the molecule is CCC1SC2=NC(C)=C(C(=O)OC)C(c3ccc(Br)cc3)N2C1=O. The zero-order valence-electron chi connectivity index (χ0n) is 13.6. The van der Waals surface area contributed by atoms with E-state index in [4.69, 9.17) is 4.74 Å². The highest BCUT2D eigenvalue weighted by Gasteiger charge is 2.46. The maximum Gasteiger partial charge on any atom is 0.338 e. The number of rotatable bonds is 3. The number of carbonyl (C=O) groups excluding carboxylic acids is 2. The maximum atomic E-state index is 12.8. The minimum absolute atomic E-state index is 0.0110. The van der Waals surface area contributed by atoms with Gasteiger partial charge in [-0.3, -0.25) is 9.69 Å². The van der Waals surface area contributed by atoms with Crippen molar-refractivity contribution >= 4 is 44.7 Å². The lowest BCUT2D eigenvalue weighted by Gasteiger charge is -2.32. The maximum absolute atomic E-state index is 12.8. The smallest absolute Gasteiger partial charge is 0.338 e. The lowest BCUT2D eigenvalue weighted by molar-refractivity contribution is -0.137. The van der Waals surface area contributed by atoms with Crippen molar-refractivity contribution in [3.63, 3.8) is 0 Å². The van der Waals surface area contributed by atoms with Gasteiger partial charge < -0.3 is 4.74 Å². The Hall–Kier alpha value is -1.60. The molecule has 0 aromatic heterocycles. The van der Waals surface area contributed by atoms with Crippen LogP contribution in [0.15, 0.2) is 45.0 Å². The van der Waals surface area contributed by atoms with Gasteiger partial charge >= 0.3 is 5.97 Å². The molecule has 1 saturated heterocycles. The molecule has 0 saturated carbocycles. The molecule has 1 aromatic rings. The lowest BCUT2D eigenvalue weighted by Crippen LogP contribution is -2.40. The van der Waals surface area contributed by atoms with Crippen molar-refractivity contribution in [3.05, 3.63) is 45.6 Å². The molecule has 7 heteroatoms. The molecule has 0 radical (unpaired) electrons. The molecule has 2 aliphatic heterocycles. The molecular formula is C17H17BrN2O3S. The average molecular weight is 409 g/mol. The Morgan fingerprint density at radius 1 is 1.38 bits per heavy atom.